The third-order valence-corrected chi connectivity index (χ3v) is 18.5. The number of aliphatic imine (C=N–C) groups is 6. The minimum Gasteiger partial charge on any atom is -1.00 e. The van der Waals surface area contributed by atoms with Gasteiger partial charge in [0, 0.05) is 31.0 Å². The zero-order valence-corrected chi connectivity index (χ0v) is 77.9. The van der Waals surface area contributed by atoms with E-state index in [1.807, 2.05) is 52.2 Å². The van der Waals surface area contributed by atoms with Gasteiger partial charge in [-0.05, 0) is 161 Å². The van der Waals surface area contributed by atoms with Gasteiger partial charge in [-0.15, -0.1) is 44.2 Å². The zero-order valence-electron chi connectivity index (χ0n) is 74.0. The van der Waals surface area contributed by atoms with Gasteiger partial charge in [-0.2, -0.15) is 9.59 Å². The van der Waals surface area contributed by atoms with Crippen LogP contribution in [0.25, 0.3) is 61.3 Å². The smallest absolute Gasteiger partial charge is 1.00 e. The number of aromatic nitrogens is 7. The number of aliphatic hydroxyl groups excluding tert-OH is 1. The van der Waals surface area contributed by atoms with Crippen LogP contribution in [-0.2, 0) is 144 Å². The number of ether oxygens (including phenoxy) is 9. The molecule has 7 aromatic rings. The number of hydrogen-bond acceptors (Lipinski definition) is 31. The molecular formula is C92H85Cl2Mn2N13O25. The SMILES string of the molecule is COC(=O)C(=C1C=CC=N1)c1ccc(C(C(=O)OC)=C2C=CC(C(C(=O)OC)=c3ccc(=C(C)C)[n-]3)=N2)[n-]1.COC(=O)C(=C1C=CC=N1)c1ccc(C(C)=C2C=CC(C(C(=O)OC)=c3cc/c(=C(/C)C(O)O)[n-]3)=N2)[n-]1.COC(=O)C=O.COOC/C(C)=C1\C=CC(C(C(=O)OC)=c2cc/c(=C(\C(=O)OC)c3ccc(/C(C(=O)OC)=C4/C=CC=N4)[nH]3)[nH]2)=N1.O=C=O.[Cl-].[Cl-].[Mn+3].[Mn+3].c1cc[nH]c1. The number of aldehydes is 1. The predicted molar refractivity (Wildman–Crippen MR) is 472 cm³/mol. The molecule has 6 aliphatic heterocycles. The van der Waals surface area contributed by atoms with Crippen LogP contribution in [0.1, 0.15) is 68.8 Å². The van der Waals surface area contributed by atoms with Crippen molar-refractivity contribution in [3.63, 3.8) is 0 Å². The standard InChI is InChI=1S/C29H28N4O8.C28H25N4O6.C27H25N4O6.C4H5N.C3H4O3.CO2.2ClH.2Mn/c1-16(15-41-40-5)17-8-9-20(31-17)25(28(35)38-3)21-12-13-23(33-21)26(29(36)39-4)22-11-10-19(32-22)24(27(34)37-2)18-7-6-14-30-18;1-15(2)16-8-9-19(30-16)24(27(34)37-4)20-12-13-22(32-20)25(28(35)38-5)21-11-10-18(31-21)23(26(33)36-3)17-7-6-14-29-17;1-14(16-7-10-20(29-16)23(26(34)36-3)19-6-5-13-28-19)17-8-11-21(30-17)24(27(35)37-4)22-12-9-18(31-22)15(2)25(32)33;1-2-4-5-3-1;1-6-3(5)2-4;2-1-3;;;;/h6-14,32-33H,15H2,1-5H3;6-14H,1-5H3,(H-,29,30,31,32,33,34,35);5-13,25,32-33H,1-4H3,(H-,28,29,30,31,34,35);1-5H;2H,1H3;;2*1H;;/q;2*-1;;;;;;2*+3/p-4/b17-16+,24-18+,25-21?,26-23+;;18-15+;;;;;;;. The van der Waals surface area contributed by atoms with Crippen molar-refractivity contribution in [2.75, 3.05) is 77.7 Å². The number of H-pyrrole nitrogens is 3. The maximum atomic E-state index is 13.0. The molecule has 0 amide bonds. The Labute approximate surface area is 797 Å². The van der Waals surface area contributed by atoms with Crippen LogP contribution < -0.4 is 76.8 Å². The number of allylic oxidation sites excluding steroid dienone is 13. The summed E-state index contributed by atoms with van der Waals surface area (Å²) in [6.07, 6.45) is 27.3. The number of methoxy groups -OCH3 is 9. The van der Waals surface area contributed by atoms with E-state index in [1.165, 1.54) is 70.9 Å². The van der Waals surface area contributed by atoms with Gasteiger partial charge < -0.3 is 113 Å². The summed E-state index contributed by atoms with van der Waals surface area (Å²) in [5.74, 6) is -5.85. The number of aromatic amines is 3. The van der Waals surface area contributed by atoms with Crippen LogP contribution in [0.2, 0.25) is 0 Å². The van der Waals surface area contributed by atoms with Gasteiger partial charge in [0.2, 0.25) is 6.29 Å². The number of nitrogens with zero attached hydrogens (tertiary/aromatic N) is 10. The van der Waals surface area contributed by atoms with E-state index in [2.05, 4.69) is 74.5 Å². The summed E-state index contributed by atoms with van der Waals surface area (Å²) < 4.78 is 43.7. The fourth-order valence-corrected chi connectivity index (χ4v) is 12.1. The molecule has 0 saturated carbocycles. The maximum Gasteiger partial charge on any atom is 3.00 e. The van der Waals surface area contributed by atoms with E-state index in [4.69, 9.17) is 52.4 Å². The van der Waals surface area contributed by atoms with Crippen LogP contribution in [-0.4, -0.2) is 211 Å². The Morgan fingerprint density at radius 1 is 0.396 bits per heavy atom. The Hall–Kier alpha value is -15.2. The number of hydrogen-bond donors (Lipinski definition) is 5. The van der Waals surface area contributed by atoms with Crippen LogP contribution >= 0.6 is 0 Å². The van der Waals surface area contributed by atoms with Crippen molar-refractivity contribution in [2.24, 2.45) is 30.0 Å². The van der Waals surface area contributed by atoms with Crippen LogP contribution in [0.4, 0.5) is 0 Å². The van der Waals surface area contributed by atoms with Gasteiger partial charge in [0.25, 0.3) is 0 Å². The molecule has 0 aliphatic carbocycles. The van der Waals surface area contributed by atoms with Crippen molar-refractivity contribution in [1.29, 1.82) is 0 Å². The van der Waals surface area contributed by atoms with Crippen molar-refractivity contribution in [3.8, 4) is 0 Å². The van der Waals surface area contributed by atoms with Gasteiger partial charge >= 0.3 is 94.0 Å². The summed E-state index contributed by atoms with van der Waals surface area (Å²) in [5.41, 5.74) is 9.77. The molecule has 0 radical (unpaired) electrons. The molecule has 696 valence electrons. The predicted octanol–water partition coefficient (Wildman–Crippen LogP) is -3.17. The molecule has 0 saturated heterocycles. The van der Waals surface area contributed by atoms with Crippen molar-refractivity contribution >= 4 is 163 Å². The Balaban J connectivity index is 0.000000385. The normalized spacial score (nSPS) is 16.1. The summed E-state index contributed by atoms with van der Waals surface area (Å²) in [5, 5.41) is 21.3. The molecule has 13 rings (SSSR count). The van der Waals surface area contributed by atoms with E-state index in [-0.39, 0.29) is 156 Å². The molecule has 0 fully saturated rings. The number of esters is 9. The first-order valence-corrected chi connectivity index (χ1v) is 38.3. The zero-order chi connectivity index (χ0) is 94.8. The van der Waals surface area contributed by atoms with Gasteiger partial charge in [-0.25, -0.2) is 67.9 Å². The monoisotopic (exact) mass is 1950 g/mol. The third-order valence-electron chi connectivity index (χ3n) is 18.5. The fourth-order valence-electron chi connectivity index (χ4n) is 12.1. The molecule has 0 bridgehead atoms. The number of carbonyl (C=O) groups is 10. The van der Waals surface area contributed by atoms with E-state index >= 15 is 0 Å². The quantitative estimate of drug-likeness (QED) is 0.00514. The van der Waals surface area contributed by atoms with Crippen LogP contribution in [0.5, 0.6) is 0 Å². The number of carbonyl (C=O) groups excluding carboxylic acids is 12. The van der Waals surface area contributed by atoms with Gasteiger partial charge in [-0.1, -0.05) is 54.1 Å². The minimum atomic E-state index is -1.67. The summed E-state index contributed by atoms with van der Waals surface area (Å²) in [7, 11) is 12.7. The third kappa shape index (κ3) is 28.2. The molecule has 0 spiro atoms. The second-order valence-corrected chi connectivity index (χ2v) is 26.6. The Morgan fingerprint density at radius 2 is 0.754 bits per heavy atom. The number of nitrogens with one attached hydrogen (secondary N) is 3. The van der Waals surface area contributed by atoms with E-state index < -0.39 is 60.0 Å². The molecule has 0 atom stereocenters. The summed E-state index contributed by atoms with van der Waals surface area (Å²) in [6.45, 7) is 9.21. The first-order chi connectivity index (χ1) is 62.6. The Bertz CT molecular complexity index is 6600. The van der Waals surface area contributed by atoms with Crippen molar-refractivity contribution in [3.05, 3.63) is 276 Å². The molecule has 0 aromatic carbocycles. The first-order valence-electron chi connectivity index (χ1n) is 38.3. The fraction of sp³-hybridized carbons (Fsp3) is 0.185. The topological polar surface area (TPSA) is 525 Å². The molecule has 134 heavy (non-hydrogen) atoms. The molecule has 6 aliphatic rings. The van der Waals surface area contributed by atoms with Gasteiger partial charge in [0.1, 0.15) is 23.3 Å². The molecule has 42 heteroatoms. The Kier molecular flexibility index (Phi) is 45.2. The number of aliphatic hydroxyl groups is 2. The summed E-state index contributed by atoms with van der Waals surface area (Å²) >= 11 is 0. The molecule has 5 N–H and O–H groups in total. The summed E-state index contributed by atoms with van der Waals surface area (Å²) in [6, 6.07) is 23.7. The summed E-state index contributed by atoms with van der Waals surface area (Å²) in [4.78, 5) is 200. The van der Waals surface area contributed by atoms with Gasteiger partial charge in [-0.3, -0.25) is 19.8 Å². The maximum absolute atomic E-state index is 13.0. The second-order valence-electron chi connectivity index (χ2n) is 26.6. The van der Waals surface area contributed by atoms with Crippen molar-refractivity contribution < 1.29 is 179 Å². The van der Waals surface area contributed by atoms with Crippen LogP contribution in [0, 0.1) is 0 Å². The average Bonchev–Trinajstić information content (AvgIpc) is 1.63. The molecule has 7 aromatic heterocycles. The van der Waals surface area contributed by atoms with E-state index in [0.29, 0.717) is 89.7 Å². The Morgan fingerprint density at radius 3 is 1.16 bits per heavy atom. The van der Waals surface area contributed by atoms with Crippen molar-refractivity contribution in [2.45, 2.75) is 40.9 Å². The molecular weight excluding hydrogens is 1870 g/mol. The average molecular weight is 1950 g/mol. The van der Waals surface area contributed by atoms with E-state index in [9.17, 15) is 58.2 Å². The van der Waals surface area contributed by atoms with E-state index in [0.717, 1.165) is 23.6 Å². The molecule has 13 heterocycles. The van der Waals surface area contributed by atoms with Crippen molar-refractivity contribution in [1.82, 2.24) is 34.9 Å². The minimum absolute atomic E-state index is 0. The van der Waals surface area contributed by atoms with Crippen LogP contribution in [0.3, 0.4) is 0 Å². The van der Waals surface area contributed by atoms with Gasteiger partial charge in [0.15, 0.2) is 6.29 Å². The molecule has 38 nitrogen and oxygen atoms in total. The van der Waals surface area contributed by atoms with E-state index in [1.54, 1.807) is 164 Å². The largest absolute Gasteiger partial charge is 3.00 e. The number of halogens is 2. The van der Waals surface area contributed by atoms with Crippen LogP contribution in [0.15, 0.2) is 240 Å². The second kappa shape index (κ2) is 54.5. The first kappa shape index (κ1) is 111. The van der Waals surface area contributed by atoms with Gasteiger partial charge in [0.05, 0.1) is 172 Å². The number of rotatable bonds is 22. The molecule has 0 unspecified atom stereocenters.